The van der Waals surface area contributed by atoms with E-state index in [1.807, 2.05) is 0 Å². The Morgan fingerprint density at radius 2 is 2.14 bits per heavy atom. The largest absolute Gasteiger partial charge is 0.401 e. The van der Waals surface area contributed by atoms with E-state index in [0.29, 0.717) is 10.1 Å². The van der Waals surface area contributed by atoms with Crippen LogP contribution < -0.4 is 10.9 Å². The van der Waals surface area contributed by atoms with E-state index < -0.39 is 0 Å². The molecule has 0 aromatic carbocycles. The molecule has 4 N–H and O–H groups in total. The van der Waals surface area contributed by atoms with Crippen molar-refractivity contribution in [1.82, 2.24) is 0 Å². The summed E-state index contributed by atoms with van der Waals surface area (Å²) in [5, 5.41) is 5.02. The van der Waals surface area contributed by atoms with Crippen LogP contribution in [0.15, 0.2) is 10.1 Å². The minimum Gasteiger partial charge on any atom is -0.401 e. The molecule has 0 atom stereocenters. The maximum absolute atomic E-state index is 5.39. The zero-order chi connectivity index (χ0) is 5.86. The van der Waals surface area contributed by atoms with Crippen LogP contribution in [0, 0.1) is 0 Å². The summed E-state index contributed by atoms with van der Waals surface area (Å²) in [7, 11) is 0. The smallest absolute Gasteiger partial charge is 0.107 e. The quantitative estimate of drug-likeness (QED) is 0.532. The van der Waals surface area contributed by atoms with Gasteiger partial charge in [0.1, 0.15) is 4.36 Å². The molecule has 0 saturated heterocycles. The summed E-state index contributed by atoms with van der Waals surface area (Å²) >= 11 is 6.35. The summed E-state index contributed by atoms with van der Waals surface area (Å²) < 4.78 is 0.458. The first-order chi connectivity index (χ1) is 3.18. The van der Waals surface area contributed by atoms with Crippen molar-refractivity contribution in [3.8, 4) is 0 Å². The second kappa shape index (κ2) is 3.18. The normalized spacial score (nSPS) is 13.6. The van der Waals surface area contributed by atoms with Crippen molar-refractivity contribution in [2.75, 3.05) is 0 Å². The molecule has 0 unspecified atom stereocenters. The molecule has 42 valence electrons. The van der Waals surface area contributed by atoms with Gasteiger partial charge in [-0.2, -0.15) is 0 Å². The van der Waals surface area contributed by atoms with Crippen molar-refractivity contribution in [3.05, 3.63) is 10.1 Å². The highest BCUT2D eigenvalue weighted by Crippen LogP contribution is 2.14. The summed E-state index contributed by atoms with van der Waals surface area (Å²) in [6.07, 6.45) is 0. The summed E-state index contributed by atoms with van der Waals surface area (Å²) in [6.45, 7) is 1.70. The predicted molar refractivity (Wildman–Crippen MR) is 34.5 cm³/mol. The van der Waals surface area contributed by atoms with Gasteiger partial charge in [-0.3, -0.25) is 5.14 Å². The first-order valence-electron chi connectivity index (χ1n) is 1.67. The molecule has 0 amide bonds. The Bertz CT molecular complexity index is 86.9. The van der Waals surface area contributed by atoms with Gasteiger partial charge in [-0.05, 0) is 18.9 Å². The number of rotatable bonds is 1. The van der Waals surface area contributed by atoms with Crippen molar-refractivity contribution in [2.45, 2.75) is 6.92 Å². The molecule has 0 aliphatic rings. The fraction of sp³-hybridized carbons (Fsp3) is 0.333. The van der Waals surface area contributed by atoms with Gasteiger partial charge in [-0.25, -0.2) is 0 Å². The van der Waals surface area contributed by atoms with Crippen LogP contribution in [0.3, 0.4) is 0 Å². The molecule has 7 heavy (non-hydrogen) atoms. The minimum absolute atomic E-state index is 0.458. The first-order valence-corrected chi connectivity index (χ1v) is 2.93. The van der Waals surface area contributed by atoms with Crippen LogP contribution in [0.5, 0.6) is 0 Å². The molecule has 0 aromatic rings. The summed E-state index contributed by atoms with van der Waals surface area (Å²) in [6, 6.07) is 0. The SMILES string of the molecule is C/C(N)=C(\Cl)SN. The van der Waals surface area contributed by atoms with Gasteiger partial charge in [-0.1, -0.05) is 11.6 Å². The lowest BCUT2D eigenvalue weighted by atomic mass is 10.6. The van der Waals surface area contributed by atoms with E-state index >= 15 is 0 Å². The van der Waals surface area contributed by atoms with Crippen molar-refractivity contribution in [2.24, 2.45) is 10.9 Å². The maximum atomic E-state index is 5.39. The zero-order valence-electron chi connectivity index (χ0n) is 3.94. The Balaban J connectivity index is 3.72. The molecule has 0 heterocycles. The highest BCUT2D eigenvalue weighted by atomic mass is 35.5. The van der Waals surface area contributed by atoms with Crippen LogP contribution in [0.25, 0.3) is 0 Å². The fourth-order valence-electron chi connectivity index (χ4n) is 0.0929. The van der Waals surface area contributed by atoms with Gasteiger partial charge < -0.3 is 5.73 Å². The molecule has 0 fully saturated rings. The number of hydrogen-bond acceptors (Lipinski definition) is 3. The molecular weight excluding hydrogens is 132 g/mol. The average molecular weight is 139 g/mol. The molecule has 2 nitrogen and oxygen atoms in total. The summed E-state index contributed by atoms with van der Waals surface area (Å²) in [5.74, 6) is 0. The number of halogens is 1. The lowest BCUT2D eigenvalue weighted by Gasteiger charge is -1.90. The highest BCUT2D eigenvalue weighted by Gasteiger charge is 1.88. The highest BCUT2D eigenvalue weighted by molar-refractivity contribution is 8.02. The van der Waals surface area contributed by atoms with E-state index in [-0.39, 0.29) is 0 Å². The zero-order valence-corrected chi connectivity index (χ0v) is 5.51. The molecule has 0 bridgehead atoms. The maximum Gasteiger partial charge on any atom is 0.107 e. The lowest BCUT2D eigenvalue weighted by Crippen LogP contribution is -1.92. The number of nitrogens with two attached hydrogens (primary N) is 2. The molecule has 0 aliphatic carbocycles. The van der Waals surface area contributed by atoms with Gasteiger partial charge in [0.15, 0.2) is 0 Å². The van der Waals surface area contributed by atoms with Gasteiger partial charge in [0.25, 0.3) is 0 Å². The second-order valence-corrected chi connectivity index (χ2v) is 2.32. The van der Waals surface area contributed by atoms with Gasteiger partial charge in [-0.15, -0.1) is 0 Å². The fourth-order valence-corrected chi connectivity index (χ4v) is 0.279. The third-order valence-corrected chi connectivity index (χ3v) is 1.51. The Labute approximate surface area is 52.0 Å². The Kier molecular flexibility index (Phi) is 3.25. The molecular formula is C3H7ClN2S. The van der Waals surface area contributed by atoms with Crippen molar-refractivity contribution < 1.29 is 0 Å². The van der Waals surface area contributed by atoms with Gasteiger partial charge in [0.05, 0.1) is 0 Å². The Morgan fingerprint density at radius 3 is 2.14 bits per heavy atom. The van der Waals surface area contributed by atoms with Crippen molar-refractivity contribution >= 4 is 23.5 Å². The van der Waals surface area contributed by atoms with E-state index in [4.69, 9.17) is 22.5 Å². The molecule has 0 saturated carbocycles. The van der Waals surface area contributed by atoms with Gasteiger partial charge in [0, 0.05) is 5.70 Å². The first kappa shape index (κ1) is 7.14. The molecule has 0 spiro atoms. The van der Waals surface area contributed by atoms with E-state index in [1.54, 1.807) is 6.92 Å². The van der Waals surface area contributed by atoms with E-state index in [2.05, 4.69) is 0 Å². The van der Waals surface area contributed by atoms with Crippen LogP contribution in [-0.4, -0.2) is 0 Å². The predicted octanol–water partition coefficient (Wildman–Crippen LogP) is 0.980. The van der Waals surface area contributed by atoms with Crippen LogP contribution in [0.4, 0.5) is 0 Å². The average Bonchev–Trinajstić information content (AvgIpc) is 1.65. The topological polar surface area (TPSA) is 52.0 Å². The van der Waals surface area contributed by atoms with Crippen molar-refractivity contribution in [3.63, 3.8) is 0 Å². The Morgan fingerprint density at radius 1 is 1.71 bits per heavy atom. The van der Waals surface area contributed by atoms with E-state index in [0.717, 1.165) is 11.9 Å². The minimum atomic E-state index is 0.458. The summed E-state index contributed by atoms with van der Waals surface area (Å²) in [5.41, 5.74) is 5.76. The lowest BCUT2D eigenvalue weighted by molar-refractivity contribution is 1.32. The summed E-state index contributed by atoms with van der Waals surface area (Å²) in [4.78, 5) is 0. The third-order valence-electron chi connectivity index (χ3n) is 0.414. The third kappa shape index (κ3) is 2.79. The standard InChI is InChI=1S/C3H7ClN2S/c1-2(5)3(4)7-6/h5-6H2,1H3/b3-2-. The molecule has 0 radical (unpaired) electrons. The Hall–Kier alpha value is 0.140. The van der Waals surface area contributed by atoms with Crippen molar-refractivity contribution in [1.29, 1.82) is 0 Å². The second-order valence-electron chi connectivity index (χ2n) is 1.07. The van der Waals surface area contributed by atoms with Gasteiger partial charge in [0.2, 0.25) is 0 Å². The number of allylic oxidation sites excluding steroid dienone is 1. The molecule has 0 aliphatic heterocycles. The number of hydrogen-bond donors (Lipinski definition) is 2. The van der Waals surface area contributed by atoms with Crippen LogP contribution in [0.1, 0.15) is 6.92 Å². The molecule has 0 rings (SSSR count). The monoisotopic (exact) mass is 138 g/mol. The van der Waals surface area contributed by atoms with Crippen LogP contribution in [0.2, 0.25) is 0 Å². The molecule has 4 heteroatoms. The van der Waals surface area contributed by atoms with Gasteiger partial charge >= 0.3 is 0 Å². The van der Waals surface area contributed by atoms with Crippen LogP contribution in [-0.2, 0) is 0 Å². The van der Waals surface area contributed by atoms with E-state index in [1.165, 1.54) is 0 Å². The molecule has 0 aromatic heterocycles. The van der Waals surface area contributed by atoms with E-state index in [9.17, 15) is 0 Å². The van der Waals surface area contributed by atoms with Crippen LogP contribution >= 0.6 is 23.5 Å².